The van der Waals surface area contributed by atoms with Crippen LogP contribution in [0.3, 0.4) is 0 Å². The molecule has 3 N–H and O–H groups in total. The Hall–Kier alpha value is -7.27. The Kier molecular flexibility index (Phi) is 8.55. The molecule has 8 aromatic rings. The molecule has 0 amide bonds. The molecule has 5 heterocycles. The zero-order valence-electron chi connectivity index (χ0n) is 36.2. The number of rotatable bonds is 3. The van der Waals surface area contributed by atoms with Crippen LogP contribution in [0.25, 0.3) is 89.7 Å². The average molecular weight is 819 g/mol. The number of carboxylic acid groups (broad SMARTS) is 1. The van der Waals surface area contributed by atoms with Gasteiger partial charge in [0.25, 0.3) is 0 Å². The van der Waals surface area contributed by atoms with E-state index in [-0.39, 0.29) is 21.8 Å². The molecule has 5 aromatic carbocycles. The van der Waals surface area contributed by atoms with Crippen LogP contribution in [0.4, 0.5) is 0 Å². The largest absolute Gasteiger partial charge is 0.478 e. The number of aromatic carboxylic acids is 1. The van der Waals surface area contributed by atoms with Crippen molar-refractivity contribution in [3.63, 3.8) is 0 Å². The van der Waals surface area contributed by atoms with Crippen LogP contribution in [-0.2, 0) is 16.2 Å². The number of hydrogen-bond acceptors (Lipinski definition) is 8. The van der Waals surface area contributed by atoms with E-state index in [4.69, 9.17) is 34.6 Å². The molecule has 2 aliphatic rings. The van der Waals surface area contributed by atoms with E-state index in [1.54, 1.807) is 12.1 Å². The molecule has 10 rings (SSSR count). The van der Waals surface area contributed by atoms with Gasteiger partial charge in [-0.05, 0) is 93.6 Å². The summed E-state index contributed by atoms with van der Waals surface area (Å²) in [6, 6.07) is 31.3. The molecular formula is C51H46N8O3. The number of aromatic amines is 2. The fourth-order valence-electron chi connectivity index (χ4n) is 8.04. The summed E-state index contributed by atoms with van der Waals surface area (Å²) in [4.78, 5) is 50.1. The average Bonchev–Trinajstić information content (AvgIpc) is 3.94. The highest BCUT2D eigenvalue weighted by Gasteiger charge is 2.26. The van der Waals surface area contributed by atoms with Gasteiger partial charge in [-0.2, -0.15) is 0 Å². The second-order valence-electron chi connectivity index (χ2n) is 19.3. The predicted octanol–water partition coefficient (Wildman–Crippen LogP) is 12.3. The summed E-state index contributed by atoms with van der Waals surface area (Å²) in [6.45, 7) is 19.8. The van der Waals surface area contributed by atoms with E-state index in [9.17, 15) is 9.90 Å². The van der Waals surface area contributed by atoms with Gasteiger partial charge in [-0.1, -0.05) is 98.7 Å². The number of carbonyl (C=O) groups is 1. The van der Waals surface area contributed by atoms with Crippen LogP contribution < -0.4 is 4.74 Å². The van der Waals surface area contributed by atoms with Gasteiger partial charge in [0.05, 0.1) is 5.56 Å². The molecule has 308 valence electrons. The van der Waals surface area contributed by atoms with Crippen LogP contribution in [-0.4, -0.2) is 50.9 Å². The van der Waals surface area contributed by atoms with Crippen LogP contribution in [0.5, 0.6) is 11.5 Å². The smallest absolute Gasteiger partial charge is 0.335 e. The van der Waals surface area contributed by atoms with E-state index in [0.29, 0.717) is 57.4 Å². The van der Waals surface area contributed by atoms with Crippen molar-refractivity contribution in [1.29, 1.82) is 0 Å². The second-order valence-corrected chi connectivity index (χ2v) is 19.3. The minimum atomic E-state index is -1.00. The quantitative estimate of drug-likeness (QED) is 0.158. The van der Waals surface area contributed by atoms with Gasteiger partial charge in [0.1, 0.15) is 34.1 Å². The number of carboxylic acids is 1. The highest BCUT2D eigenvalue weighted by molar-refractivity contribution is 6.07. The summed E-state index contributed by atoms with van der Waals surface area (Å²) >= 11 is 0. The lowest BCUT2D eigenvalue weighted by molar-refractivity contribution is 0.0697. The summed E-state index contributed by atoms with van der Waals surface area (Å²) in [5.41, 5.74) is 9.18. The van der Waals surface area contributed by atoms with E-state index in [1.807, 2.05) is 18.2 Å². The van der Waals surface area contributed by atoms with Crippen molar-refractivity contribution in [3.8, 4) is 57.1 Å². The summed E-state index contributed by atoms with van der Waals surface area (Å²) in [5.74, 6) is 2.14. The van der Waals surface area contributed by atoms with Crippen molar-refractivity contribution >= 4 is 50.1 Å². The van der Waals surface area contributed by atoms with Gasteiger partial charge < -0.3 is 19.8 Å². The molecule has 0 unspecified atom stereocenters. The SMILES string of the molecule is CC(C)(C)c1ccc2c(c1)-c1nc-2nc2[nH]c(nc3nc(nc4[nH]c(n1)c1ccc(Oc5ccc(C(=O)O)cc5)cc41)-c1ccc(C(C)(C)C)cc1-3)c1ccc(C(C)(C)C)cc21. The molecule has 0 aliphatic carbocycles. The summed E-state index contributed by atoms with van der Waals surface area (Å²) in [5, 5.41) is 12.8. The van der Waals surface area contributed by atoms with Gasteiger partial charge in [0.2, 0.25) is 0 Å². The van der Waals surface area contributed by atoms with Crippen LogP contribution in [0.2, 0.25) is 0 Å². The Morgan fingerprint density at radius 2 is 0.823 bits per heavy atom. The third kappa shape index (κ3) is 6.74. The van der Waals surface area contributed by atoms with E-state index in [0.717, 1.165) is 54.9 Å². The summed E-state index contributed by atoms with van der Waals surface area (Å²) in [6.07, 6.45) is 0. The molecule has 0 saturated heterocycles. The van der Waals surface area contributed by atoms with Crippen molar-refractivity contribution in [3.05, 3.63) is 119 Å². The highest BCUT2D eigenvalue weighted by Crippen LogP contribution is 2.41. The molecule has 0 atom stereocenters. The fraction of sp³-hybridized carbons (Fsp3) is 0.235. The number of nitrogens with zero attached hydrogens (tertiary/aromatic N) is 6. The first-order valence-corrected chi connectivity index (χ1v) is 20.8. The van der Waals surface area contributed by atoms with Crippen LogP contribution >= 0.6 is 0 Å². The van der Waals surface area contributed by atoms with E-state index in [1.165, 1.54) is 17.7 Å². The van der Waals surface area contributed by atoms with Gasteiger partial charge in [-0.3, -0.25) is 0 Å². The third-order valence-electron chi connectivity index (χ3n) is 11.7. The topological polar surface area (TPSA) is 155 Å². The molecule has 0 saturated carbocycles. The first-order valence-electron chi connectivity index (χ1n) is 20.8. The van der Waals surface area contributed by atoms with Crippen molar-refractivity contribution in [2.75, 3.05) is 0 Å². The molecular weight excluding hydrogens is 773 g/mol. The van der Waals surface area contributed by atoms with Crippen LogP contribution in [0.1, 0.15) is 89.4 Å². The summed E-state index contributed by atoms with van der Waals surface area (Å²) in [7, 11) is 0. The molecule has 8 bridgehead atoms. The Labute approximate surface area is 358 Å². The summed E-state index contributed by atoms with van der Waals surface area (Å²) < 4.78 is 6.27. The number of benzene rings is 5. The molecule has 0 fully saturated rings. The van der Waals surface area contributed by atoms with Crippen molar-refractivity contribution < 1.29 is 14.6 Å². The number of H-pyrrole nitrogens is 2. The lowest BCUT2D eigenvalue weighted by Crippen LogP contribution is -2.10. The van der Waals surface area contributed by atoms with E-state index in [2.05, 4.69) is 127 Å². The maximum Gasteiger partial charge on any atom is 0.335 e. The van der Waals surface area contributed by atoms with Gasteiger partial charge in [0.15, 0.2) is 23.3 Å². The number of fused-ring (bicyclic) bond motifs is 20. The third-order valence-corrected chi connectivity index (χ3v) is 11.7. The number of nitrogens with one attached hydrogen (secondary N) is 2. The first-order chi connectivity index (χ1) is 29.4. The van der Waals surface area contributed by atoms with Crippen molar-refractivity contribution in [1.82, 2.24) is 39.9 Å². The van der Waals surface area contributed by atoms with E-state index < -0.39 is 5.97 Å². The molecule has 11 heteroatoms. The van der Waals surface area contributed by atoms with Gasteiger partial charge in [-0.25, -0.2) is 34.7 Å². The first kappa shape index (κ1) is 38.9. The van der Waals surface area contributed by atoms with Gasteiger partial charge in [-0.15, -0.1) is 0 Å². The van der Waals surface area contributed by atoms with Crippen molar-refractivity contribution in [2.24, 2.45) is 0 Å². The zero-order valence-corrected chi connectivity index (χ0v) is 36.2. The molecule has 0 spiro atoms. The lowest BCUT2D eigenvalue weighted by Gasteiger charge is -2.19. The Bertz CT molecular complexity index is 3340. The zero-order chi connectivity index (χ0) is 43.5. The van der Waals surface area contributed by atoms with Crippen LogP contribution in [0.15, 0.2) is 97.1 Å². The van der Waals surface area contributed by atoms with Crippen LogP contribution in [0, 0.1) is 0 Å². The number of aromatic nitrogens is 8. The number of hydrogen-bond donors (Lipinski definition) is 3. The second kappa shape index (κ2) is 13.6. The molecule has 2 aliphatic heterocycles. The molecule has 11 nitrogen and oxygen atoms in total. The predicted molar refractivity (Wildman–Crippen MR) is 246 cm³/mol. The minimum Gasteiger partial charge on any atom is -0.478 e. The van der Waals surface area contributed by atoms with Gasteiger partial charge in [0, 0.05) is 43.8 Å². The molecule has 0 radical (unpaired) electrons. The number of ether oxygens (including phenoxy) is 1. The maximum atomic E-state index is 11.5. The van der Waals surface area contributed by atoms with E-state index >= 15 is 0 Å². The maximum absolute atomic E-state index is 11.5. The molecule has 3 aromatic heterocycles. The molecule has 62 heavy (non-hydrogen) atoms. The Balaban J connectivity index is 1.31. The Morgan fingerprint density at radius 3 is 1.29 bits per heavy atom. The minimum absolute atomic E-state index is 0.100. The van der Waals surface area contributed by atoms with Crippen molar-refractivity contribution in [2.45, 2.75) is 78.6 Å². The monoisotopic (exact) mass is 818 g/mol. The normalized spacial score (nSPS) is 12.7. The van der Waals surface area contributed by atoms with Gasteiger partial charge >= 0.3 is 5.97 Å². The lowest BCUT2D eigenvalue weighted by atomic mass is 9.85. The fourth-order valence-corrected chi connectivity index (χ4v) is 8.04. The Morgan fingerprint density at radius 1 is 0.435 bits per heavy atom. The highest BCUT2D eigenvalue weighted by atomic mass is 16.5. The standard InChI is InChI=1S/C51H46N8O3/c1-49(2,3)27-12-18-32-36(22-27)44-52-40(32)54-45-38-24-29(51(7,8)9)14-20-34(38)42(56-45)58-47-39-25-31(62-30-15-10-26(11-16-30)48(60)61)17-21-35(39)43(59-47)57-46-37-23-28(50(4,5)6)13-19-33(37)41(53-44)55-46/h10-25H,1-9H3,(H,60,61)(H2,52,53,54,55,56,57,58,59).